The minimum Gasteiger partial charge on any atom is -0.496 e. The van der Waals surface area contributed by atoms with Crippen LogP contribution in [0.3, 0.4) is 0 Å². The molecular formula is C30H38O15. The maximum atomic E-state index is 13.5. The number of aliphatic hydroxyl groups excluding tert-OH is 8. The number of rotatable bonds is 9. The number of carbonyl (C=O) groups is 1. The van der Waals surface area contributed by atoms with Crippen LogP contribution in [0.25, 0.3) is 0 Å². The van der Waals surface area contributed by atoms with Crippen molar-refractivity contribution >= 4 is 5.78 Å². The number of hydrogen-bond acceptors (Lipinski definition) is 15. The molecule has 0 bridgehead atoms. The Hall–Kier alpha value is -3.09. The first-order valence-electron chi connectivity index (χ1n) is 14.5. The molecule has 2 aromatic carbocycles. The van der Waals surface area contributed by atoms with Gasteiger partial charge in [-0.15, -0.1) is 0 Å². The van der Waals surface area contributed by atoms with E-state index in [-0.39, 0.29) is 35.0 Å². The summed E-state index contributed by atoms with van der Waals surface area (Å²) in [6.07, 6.45) is -20.6. The Kier molecular flexibility index (Phi) is 10.1. The van der Waals surface area contributed by atoms with Gasteiger partial charge in [0, 0.05) is 12.1 Å². The molecule has 2 saturated heterocycles. The largest absolute Gasteiger partial charge is 0.496 e. The predicted octanol–water partition coefficient (Wildman–Crippen LogP) is -1.81. The maximum absolute atomic E-state index is 13.5. The molecular weight excluding hydrogens is 600 g/mol. The van der Waals surface area contributed by atoms with Gasteiger partial charge in [-0.3, -0.25) is 4.79 Å². The molecule has 0 aliphatic carbocycles. The number of Topliss-reactive ketones (excluding diaryl/α,β-unsaturated/α-hetero) is 1. The lowest BCUT2D eigenvalue weighted by molar-refractivity contribution is -0.313. The standard InChI is InChI=1S/C30H38O15/c1-3-41-13-6-4-12(5-7-13)16-10-15(32)20-17(42-16)8-14(40-2)9-18(20)44-30-26(38)23(35)25(37)29(45-30)27(39)28-24(36)22(34)21(33)19(11-31)43-28/h4-9,16,19,21-31,33-39H,3,10-11H2,1-2H3/t16?,19-,21-,22+,23+,24-,25+,26-,27?,28-,29+,30-/m1/s1. The van der Waals surface area contributed by atoms with Gasteiger partial charge in [0.15, 0.2) is 5.78 Å². The fourth-order valence-corrected chi connectivity index (χ4v) is 5.72. The van der Waals surface area contributed by atoms with Crippen molar-refractivity contribution in [2.45, 2.75) is 86.8 Å². The Morgan fingerprint density at radius 1 is 0.867 bits per heavy atom. The number of methoxy groups -OCH3 is 1. The van der Waals surface area contributed by atoms with Crippen LogP contribution < -0.4 is 18.9 Å². The molecule has 8 N–H and O–H groups in total. The van der Waals surface area contributed by atoms with Crippen molar-refractivity contribution < 1.29 is 74.1 Å². The van der Waals surface area contributed by atoms with Crippen LogP contribution in [-0.2, 0) is 9.47 Å². The Bertz CT molecular complexity index is 1320. The monoisotopic (exact) mass is 638 g/mol. The van der Waals surface area contributed by atoms with Crippen LogP contribution in [0.2, 0.25) is 0 Å². The van der Waals surface area contributed by atoms with Gasteiger partial charge in [-0.1, -0.05) is 12.1 Å². The van der Waals surface area contributed by atoms with Crippen molar-refractivity contribution in [2.75, 3.05) is 20.3 Å². The lowest BCUT2D eigenvalue weighted by atomic mass is 9.86. The molecule has 3 aliphatic rings. The van der Waals surface area contributed by atoms with E-state index < -0.39 is 80.0 Å². The smallest absolute Gasteiger partial charge is 0.229 e. The van der Waals surface area contributed by atoms with Gasteiger partial charge in [0.1, 0.15) is 95.7 Å². The van der Waals surface area contributed by atoms with E-state index in [9.17, 15) is 45.6 Å². The molecule has 0 spiro atoms. The quantitative estimate of drug-likeness (QED) is 0.151. The van der Waals surface area contributed by atoms with E-state index in [1.165, 1.54) is 19.2 Å². The minimum atomic E-state index is -1.97. The fourth-order valence-electron chi connectivity index (χ4n) is 5.72. The number of fused-ring (bicyclic) bond motifs is 1. The van der Waals surface area contributed by atoms with Gasteiger partial charge in [-0.05, 0) is 24.6 Å². The summed E-state index contributed by atoms with van der Waals surface area (Å²) >= 11 is 0. The van der Waals surface area contributed by atoms with E-state index in [0.29, 0.717) is 12.4 Å². The normalized spacial score (nSPS) is 35.6. The SMILES string of the molecule is CCOc1ccc(C2CC(=O)c3c(cc(OC)cc3O[C@@H]3O[C@H](C(O)[C@@H]4O[C@H](CO)[C@@H](O)[C@H](O)[C@H]4O)[C@@H](O)[C@H](O)[C@H]3O)O2)cc1. The average Bonchev–Trinajstić information content (AvgIpc) is 3.03. The van der Waals surface area contributed by atoms with Crippen molar-refractivity contribution in [1.29, 1.82) is 0 Å². The highest BCUT2D eigenvalue weighted by Crippen LogP contribution is 2.43. The van der Waals surface area contributed by atoms with E-state index in [0.717, 1.165) is 5.56 Å². The number of ether oxygens (including phenoxy) is 6. The van der Waals surface area contributed by atoms with Crippen LogP contribution in [0.5, 0.6) is 23.0 Å². The molecule has 3 heterocycles. The van der Waals surface area contributed by atoms with Gasteiger partial charge < -0.3 is 69.3 Å². The fraction of sp³-hybridized carbons (Fsp3) is 0.567. The second-order valence-corrected chi connectivity index (χ2v) is 11.1. The molecule has 2 unspecified atom stereocenters. The molecule has 0 saturated carbocycles. The second-order valence-electron chi connectivity index (χ2n) is 11.1. The summed E-state index contributed by atoms with van der Waals surface area (Å²) in [5.74, 6) is 0.468. The third-order valence-electron chi connectivity index (χ3n) is 8.21. The van der Waals surface area contributed by atoms with Crippen LogP contribution in [-0.4, -0.2) is 134 Å². The van der Waals surface area contributed by atoms with Gasteiger partial charge in [0.05, 0.1) is 26.7 Å². The molecule has 248 valence electrons. The first kappa shape index (κ1) is 33.3. The molecule has 12 atom stereocenters. The molecule has 45 heavy (non-hydrogen) atoms. The minimum absolute atomic E-state index is 0.000398. The molecule has 2 fully saturated rings. The summed E-state index contributed by atoms with van der Waals surface area (Å²) in [6, 6.07) is 9.92. The van der Waals surface area contributed by atoms with Crippen molar-refractivity contribution in [3.8, 4) is 23.0 Å². The number of hydrogen-bond donors (Lipinski definition) is 8. The van der Waals surface area contributed by atoms with Crippen LogP contribution in [0, 0.1) is 0 Å². The van der Waals surface area contributed by atoms with E-state index in [2.05, 4.69) is 0 Å². The highest BCUT2D eigenvalue weighted by Gasteiger charge is 2.54. The zero-order chi connectivity index (χ0) is 32.6. The molecule has 0 aromatic heterocycles. The Balaban J connectivity index is 1.40. The molecule has 2 aromatic rings. The van der Waals surface area contributed by atoms with Gasteiger partial charge in [-0.25, -0.2) is 0 Å². The topological polar surface area (TPSA) is 234 Å². The number of ketones is 1. The highest BCUT2D eigenvalue weighted by molar-refractivity contribution is 6.03. The van der Waals surface area contributed by atoms with E-state index in [4.69, 9.17) is 28.4 Å². The van der Waals surface area contributed by atoms with E-state index >= 15 is 0 Å². The average molecular weight is 639 g/mol. The number of aliphatic hydroxyl groups is 8. The first-order valence-corrected chi connectivity index (χ1v) is 14.5. The van der Waals surface area contributed by atoms with Crippen molar-refractivity contribution in [3.05, 3.63) is 47.5 Å². The van der Waals surface area contributed by atoms with Crippen molar-refractivity contribution in [3.63, 3.8) is 0 Å². The van der Waals surface area contributed by atoms with Gasteiger partial charge in [0.2, 0.25) is 6.29 Å². The summed E-state index contributed by atoms with van der Waals surface area (Å²) < 4.78 is 33.9. The Labute approximate surface area is 257 Å². The van der Waals surface area contributed by atoms with Gasteiger partial charge >= 0.3 is 0 Å². The molecule has 5 rings (SSSR count). The van der Waals surface area contributed by atoms with Crippen LogP contribution >= 0.6 is 0 Å². The van der Waals surface area contributed by atoms with Crippen molar-refractivity contribution in [1.82, 2.24) is 0 Å². The third-order valence-corrected chi connectivity index (χ3v) is 8.21. The zero-order valence-corrected chi connectivity index (χ0v) is 24.4. The summed E-state index contributed by atoms with van der Waals surface area (Å²) in [5.41, 5.74) is 0.719. The summed E-state index contributed by atoms with van der Waals surface area (Å²) in [7, 11) is 1.37. The summed E-state index contributed by atoms with van der Waals surface area (Å²) in [4.78, 5) is 13.5. The first-order chi connectivity index (χ1) is 21.5. The second kappa shape index (κ2) is 13.7. The maximum Gasteiger partial charge on any atom is 0.229 e. The number of carbonyl (C=O) groups excluding carboxylic acids is 1. The molecule has 0 radical (unpaired) electrons. The van der Waals surface area contributed by atoms with Crippen molar-refractivity contribution in [2.24, 2.45) is 0 Å². The highest BCUT2D eigenvalue weighted by atomic mass is 16.7. The molecule has 15 heteroatoms. The molecule has 15 nitrogen and oxygen atoms in total. The van der Waals surface area contributed by atoms with Crippen LogP contribution in [0.15, 0.2) is 36.4 Å². The Morgan fingerprint density at radius 2 is 1.51 bits per heavy atom. The van der Waals surface area contributed by atoms with Gasteiger partial charge in [-0.2, -0.15) is 0 Å². The lowest BCUT2D eigenvalue weighted by Crippen LogP contribution is -2.68. The Morgan fingerprint density at radius 3 is 2.13 bits per heavy atom. The van der Waals surface area contributed by atoms with E-state index in [1.807, 2.05) is 6.92 Å². The summed E-state index contributed by atoms with van der Waals surface area (Å²) in [5, 5.41) is 83.3. The molecule has 3 aliphatic heterocycles. The van der Waals surface area contributed by atoms with Crippen LogP contribution in [0.1, 0.15) is 35.4 Å². The zero-order valence-electron chi connectivity index (χ0n) is 24.4. The molecule has 0 amide bonds. The van der Waals surface area contributed by atoms with E-state index in [1.54, 1.807) is 24.3 Å². The summed E-state index contributed by atoms with van der Waals surface area (Å²) in [6.45, 7) is 1.59. The number of benzene rings is 2. The van der Waals surface area contributed by atoms with Gasteiger partial charge in [0.25, 0.3) is 0 Å². The lowest BCUT2D eigenvalue weighted by Gasteiger charge is -2.47. The third kappa shape index (κ3) is 6.46. The van der Waals surface area contributed by atoms with Crippen LogP contribution in [0.4, 0.5) is 0 Å². The predicted molar refractivity (Wildman–Crippen MR) is 150 cm³/mol.